The Labute approximate surface area is 155 Å². The summed E-state index contributed by atoms with van der Waals surface area (Å²) in [7, 11) is 1.65. The van der Waals surface area contributed by atoms with Crippen molar-refractivity contribution in [3.8, 4) is 5.75 Å². The van der Waals surface area contributed by atoms with E-state index in [1.165, 1.54) is 30.5 Å². The molecule has 0 amide bonds. The first-order chi connectivity index (χ1) is 12.3. The van der Waals surface area contributed by atoms with E-state index in [1.54, 1.807) is 7.11 Å². The molecule has 1 aromatic carbocycles. The number of methoxy groups -OCH3 is 1. The Morgan fingerprint density at radius 2 is 1.96 bits per heavy atom. The highest BCUT2D eigenvalue weighted by Crippen LogP contribution is 2.26. The normalized spacial score (nSPS) is 15.4. The Hall–Kier alpha value is -1.78. The molecule has 25 heavy (non-hydrogen) atoms. The Morgan fingerprint density at radius 1 is 1.20 bits per heavy atom. The highest BCUT2D eigenvalue weighted by molar-refractivity contribution is 6.32. The van der Waals surface area contributed by atoms with Crippen LogP contribution >= 0.6 is 11.6 Å². The van der Waals surface area contributed by atoms with Gasteiger partial charge in [-0.25, -0.2) is 0 Å². The standard InChI is InChI=1S/C20H26ClN3O/c1-25-20-14-17(2-3-19(20)21)15-23-9-4-16-7-12-24(13-8-16)18-5-10-22-11-6-18/h2-3,5-6,10-11,14,16,23H,4,7-9,12-13,15H2,1H3. The molecule has 0 aliphatic carbocycles. The lowest BCUT2D eigenvalue weighted by atomic mass is 9.93. The summed E-state index contributed by atoms with van der Waals surface area (Å²) in [4.78, 5) is 6.56. The van der Waals surface area contributed by atoms with E-state index < -0.39 is 0 Å². The molecule has 4 nitrogen and oxygen atoms in total. The molecule has 1 saturated heterocycles. The minimum Gasteiger partial charge on any atom is -0.495 e. The zero-order chi connectivity index (χ0) is 17.5. The van der Waals surface area contributed by atoms with Gasteiger partial charge in [-0.1, -0.05) is 17.7 Å². The van der Waals surface area contributed by atoms with Crippen LogP contribution in [0, 0.1) is 5.92 Å². The van der Waals surface area contributed by atoms with Crippen molar-refractivity contribution in [2.45, 2.75) is 25.8 Å². The zero-order valence-electron chi connectivity index (χ0n) is 14.7. The third-order valence-electron chi connectivity index (χ3n) is 4.92. The first-order valence-electron chi connectivity index (χ1n) is 8.94. The van der Waals surface area contributed by atoms with Crippen LogP contribution in [0.1, 0.15) is 24.8 Å². The number of nitrogens with zero attached hydrogens (tertiary/aromatic N) is 2. The predicted octanol–water partition coefficient (Wildman–Crippen LogP) is 4.14. The van der Waals surface area contributed by atoms with Crippen molar-refractivity contribution in [3.63, 3.8) is 0 Å². The SMILES string of the molecule is COc1cc(CNCCC2CCN(c3ccncc3)CC2)ccc1Cl. The lowest BCUT2D eigenvalue weighted by molar-refractivity contribution is 0.373. The quantitative estimate of drug-likeness (QED) is 0.754. The first kappa shape index (κ1) is 18.0. The molecule has 1 fully saturated rings. The molecular formula is C20H26ClN3O. The fourth-order valence-electron chi connectivity index (χ4n) is 3.39. The van der Waals surface area contributed by atoms with E-state index in [0.717, 1.165) is 37.8 Å². The van der Waals surface area contributed by atoms with Gasteiger partial charge in [-0.3, -0.25) is 4.98 Å². The van der Waals surface area contributed by atoms with Crippen LogP contribution in [-0.4, -0.2) is 31.7 Å². The Kier molecular flexibility index (Phi) is 6.54. The summed E-state index contributed by atoms with van der Waals surface area (Å²) in [5.74, 6) is 1.55. The summed E-state index contributed by atoms with van der Waals surface area (Å²) >= 11 is 6.06. The number of anilines is 1. The number of ether oxygens (including phenoxy) is 1. The van der Waals surface area contributed by atoms with Crippen molar-refractivity contribution >= 4 is 17.3 Å². The molecule has 0 unspecified atom stereocenters. The van der Waals surface area contributed by atoms with Crippen molar-refractivity contribution in [2.75, 3.05) is 31.6 Å². The van der Waals surface area contributed by atoms with Crippen LogP contribution in [0.25, 0.3) is 0 Å². The second kappa shape index (κ2) is 9.07. The molecule has 2 aromatic rings. The number of hydrogen-bond donors (Lipinski definition) is 1. The van der Waals surface area contributed by atoms with Crippen molar-refractivity contribution in [3.05, 3.63) is 53.3 Å². The topological polar surface area (TPSA) is 37.4 Å². The van der Waals surface area contributed by atoms with E-state index in [1.807, 2.05) is 30.6 Å². The highest BCUT2D eigenvalue weighted by Gasteiger charge is 2.18. The maximum absolute atomic E-state index is 6.06. The molecule has 1 N–H and O–H groups in total. The van der Waals surface area contributed by atoms with E-state index >= 15 is 0 Å². The van der Waals surface area contributed by atoms with E-state index in [2.05, 4.69) is 27.3 Å². The molecule has 3 rings (SSSR count). The molecule has 1 aliphatic heterocycles. The Morgan fingerprint density at radius 3 is 2.68 bits per heavy atom. The lowest BCUT2D eigenvalue weighted by Gasteiger charge is -2.33. The predicted molar refractivity (Wildman–Crippen MR) is 104 cm³/mol. The highest BCUT2D eigenvalue weighted by atomic mass is 35.5. The van der Waals surface area contributed by atoms with E-state index in [-0.39, 0.29) is 0 Å². The first-order valence-corrected chi connectivity index (χ1v) is 9.32. The summed E-state index contributed by atoms with van der Waals surface area (Å²) in [6.45, 7) is 4.18. The van der Waals surface area contributed by atoms with Gasteiger partial charge < -0.3 is 15.0 Å². The van der Waals surface area contributed by atoms with Crippen LogP contribution in [0.2, 0.25) is 5.02 Å². The van der Waals surface area contributed by atoms with Crippen LogP contribution in [0.15, 0.2) is 42.7 Å². The van der Waals surface area contributed by atoms with Gasteiger partial charge >= 0.3 is 0 Å². The van der Waals surface area contributed by atoms with Crippen LogP contribution in [0.3, 0.4) is 0 Å². The number of benzene rings is 1. The number of piperidine rings is 1. The van der Waals surface area contributed by atoms with Crippen LogP contribution in [-0.2, 0) is 6.54 Å². The summed E-state index contributed by atoms with van der Waals surface area (Å²) in [5.41, 5.74) is 2.50. The summed E-state index contributed by atoms with van der Waals surface area (Å²) < 4.78 is 5.27. The average Bonchev–Trinajstić information content (AvgIpc) is 2.67. The summed E-state index contributed by atoms with van der Waals surface area (Å²) in [6.07, 6.45) is 7.50. The molecule has 0 spiro atoms. The fourth-order valence-corrected chi connectivity index (χ4v) is 3.58. The maximum Gasteiger partial charge on any atom is 0.137 e. The Bertz CT molecular complexity index is 657. The van der Waals surface area contributed by atoms with Crippen molar-refractivity contribution in [1.29, 1.82) is 0 Å². The van der Waals surface area contributed by atoms with Gasteiger partial charge in [0.25, 0.3) is 0 Å². The minimum atomic E-state index is 0.659. The zero-order valence-corrected chi connectivity index (χ0v) is 15.5. The van der Waals surface area contributed by atoms with Crippen molar-refractivity contribution in [1.82, 2.24) is 10.3 Å². The molecule has 1 aliphatic rings. The third kappa shape index (κ3) is 5.10. The van der Waals surface area contributed by atoms with Gasteiger partial charge in [0, 0.05) is 37.7 Å². The molecule has 0 radical (unpaired) electrons. The van der Waals surface area contributed by atoms with E-state index in [4.69, 9.17) is 16.3 Å². The van der Waals surface area contributed by atoms with Gasteiger partial charge in [-0.2, -0.15) is 0 Å². The summed E-state index contributed by atoms with van der Waals surface area (Å²) in [6, 6.07) is 10.1. The van der Waals surface area contributed by atoms with Crippen LogP contribution in [0.5, 0.6) is 5.75 Å². The second-order valence-corrected chi connectivity index (χ2v) is 6.98. The van der Waals surface area contributed by atoms with Crippen molar-refractivity contribution in [2.24, 2.45) is 5.92 Å². The minimum absolute atomic E-state index is 0.659. The van der Waals surface area contributed by atoms with Crippen molar-refractivity contribution < 1.29 is 4.74 Å². The number of hydrogen-bond acceptors (Lipinski definition) is 4. The molecular weight excluding hydrogens is 334 g/mol. The Balaban J connectivity index is 1.36. The van der Waals surface area contributed by atoms with Gasteiger partial charge in [0.05, 0.1) is 12.1 Å². The number of aromatic nitrogens is 1. The van der Waals surface area contributed by atoms with Gasteiger partial charge in [0.1, 0.15) is 5.75 Å². The number of nitrogens with one attached hydrogen (secondary N) is 1. The number of pyridine rings is 1. The molecule has 0 bridgehead atoms. The van der Waals surface area contributed by atoms with Crippen LogP contribution < -0.4 is 15.0 Å². The van der Waals surface area contributed by atoms with Gasteiger partial charge in [-0.05, 0) is 61.6 Å². The largest absolute Gasteiger partial charge is 0.495 e. The van der Waals surface area contributed by atoms with Crippen LogP contribution in [0.4, 0.5) is 5.69 Å². The van der Waals surface area contributed by atoms with Gasteiger partial charge in [-0.15, -0.1) is 0 Å². The number of rotatable bonds is 7. The van der Waals surface area contributed by atoms with E-state index in [9.17, 15) is 0 Å². The number of halogens is 1. The fraction of sp³-hybridized carbons (Fsp3) is 0.450. The maximum atomic E-state index is 6.06. The van der Waals surface area contributed by atoms with Gasteiger partial charge in [0.2, 0.25) is 0 Å². The van der Waals surface area contributed by atoms with E-state index in [0.29, 0.717) is 5.02 Å². The molecule has 134 valence electrons. The third-order valence-corrected chi connectivity index (χ3v) is 5.23. The smallest absolute Gasteiger partial charge is 0.137 e. The molecule has 1 aromatic heterocycles. The second-order valence-electron chi connectivity index (χ2n) is 6.57. The van der Waals surface area contributed by atoms with Gasteiger partial charge in [0.15, 0.2) is 0 Å². The lowest BCUT2D eigenvalue weighted by Crippen LogP contribution is -2.34. The molecule has 2 heterocycles. The molecule has 0 saturated carbocycles. The molecule has 5 heteroatoms. The molecule has 0 atom stereocenters. The average molecular weight is 360 g/mol. The monoisotopic (exact) mass is 359 g/mol. The summed E-state index contributed by atoms with van der Waals surface area (Å²) in [5, 5.41) is 4.20.